The summed E-state index contributed by atoms with van der Waals surface area (Å²) in [6.07, 6.45) is 5.35. The third-order valence-electron chi connectivity index (χ3n) is 4.77. The van der Waals surface area contributed by atoms with E-state index < -0.39 is 0 Å². The van der Waals surface area contributed by atoms with E-state index in [1.807, 2.05) is 37.3 Å². The summed E-state index contributed by atoms with van der Waals surface area (Å²) >= 11 is 0. The van der Waals surface area contributed by atoms with Crippen molar-refractivity contribution >= 4 is 5.97 Å². The van der Waals surface area contributed by atoms with E-state index in [1.54, 1.807) is 0 Å². The van der Waals surface area contributed by atoms with Crippen LogP contribution >= 0.6 is 0 Å². The first kappa shape index (κ1) is 16.7. The summed E-state index contributed by atoms with van der Waals surface area (Å²) in [5, 5.41) is 4.61. The van der Waals surface area contributed by atoms with Gasteiger partial charge in [0.25, 0.3) is 0 Å². The molecule has 1 aromatic carbocycles. The molecule has 0 aliphatic heterocycles. The van der Waals surface area contributed by atoms with Crippen molar-refractivity contribution in [1.29, 1.82) is 0 Å². The second kappa shape index (κ2) is 7.65. The molecule has 128 valence electrons. The first-order chi connectivity index (χ1) is 11.6. The Morgan fingerprint density at radius 1 is 1.21 bits per heavy atom. The van der Waals surface area contributed by atoms with E-state index in [4.69, 9.17) is 4.74 Å². The van der Waals surface area contributed by atoms with E-state index in [2.05, 4.69) is 22.8 Å². The average molecular weight is 326 g/mol. The summed E-state index contributed by atoms with van der Waals surface area (Å²) in [6, 6.07) is 12.3. The van der Waals surface area contributed by atoms with Crippen LogP contribution in [0.5, 0.6) is 0 Å². The van der Waals surface area contributed by atoms with Gasteiger partial charge in [0.1, 0.15) is 6.10 Å². The van der Waals surface area contributed by atoms with Crippen LogP contribution in [0.2, 0.25) is 0 Å². The summed E-state index contributed by atoms with van der Waals surface area (Å²) in [5.74, 6) is -0.0997. The van der Waals surface area contributed by atoms with Crippen molar-refractivity contribution in [2.45, 2.75) is 64.5 Å². The normalized spacial score (nSPS) is 20.8. The molecule has 0 N–H and O–H groups in total. The Bertz CT molecular complexity index is 678. The van der Waals surface area contributed by atoms with E-state index in [-0.39, 0.29) is 18.1 Å². The molecule has 2 aromatic rings. The van der Waals surface area contributed by atoms with Gasteiger partial charge in [-0.1, -0.05) is 36.8 Å². The van der Waals surface area contributed by atoms with Gasteiger partial charge in [0, 0.05) is 12.1 Å². The minimum Gasteiger partial charge on any atom is -0.460 e. The van der Waals surface area contributed by atoms with Crippen LogP contribution in [0.15, 0.2) is 36.4 Å². The first-order valence-electron chi connectivity index (χ1n) is 8.89. The van der Waals surface area contributed by atoms with Crippen LogP contribution in [0.1, 0.15) is 55.1 Å². The molecule has 4 nitrogen and oxygen atoms in total. The molecule has 0 bridgehead atoms. The fraction of sp³-hybridized carbons (Fsp3) is 0.500. The number of benzene rings is 1. The van der Waals surface area contributed by atoms with Crippen LogP contribution in [-0.2, 0) is 16.0 Å². The number of esters is 1. The van der Waals surface area contributed by atoms with Gasteiger partial charge in [0.05, 0.1) is 11.7 Å². The highest BCUT2D eigenvalue weighted by Gasteiger charge is 2.31. The third kappa shape index (κ3) is 4.05. The number of aromatic nitrogens is 2. The maximum Gasteiger partial charge on any atom is 0.306 e. The van der Waals surface area contributed by atoms with Crippen molar-refractivity contribution in [3.05, 3.63) is 53.3 Å². The Labute approximate surface area is 143 Å². The number of hydrogen-bond acceptors (Lipinski definition) is 3. The first-order valence-corrected chi connectivity index (χ1v) is 8.89. The molecule has 3 rings (SSSR count). The SMILES string of the molecule is Cc1cc(C)n([C@H]2CCCC[C@@H]2OC(=O)CCc2ccccc2)n1. The molecule has 24 heavy (non-hydrogen) atoms. The standard InChI is InChI=1S/C20H26N2O2/c1-15-14-16(2)22(21-15)18-10-6-7-11-19(18)24-20(23)13-12-17-8-4-3-5-9-17/h3-5,8-9,14,18-19H,6-7,10-13H2,1-2H3/t18-,19-/m0/s1. The summed E-state index contributed by atoms with van der Waals surface area (Å²) in [7, 11) is 0. The summed E-state index contributed by atoms with van der Waals surface area (Å²) < 4.78 is 7.90. The van der Waals surface area contributed by atoms with Crippen molar-refractivity contribution in [1.82, 2.24) is 9.78 Å². The van der Waals surface area contributed by atoms with E-state index in [0.717, 1.165) is 37.1 Å². The zero-order valence-electron chi connectivity index (χ0n) is 14.6. The van der Waals surface area contributed by atoms with Crippen LogP contribution in [0.4, 0.5) is 0 Å². The van der Waals surface area contributed by atoms with Gasteiger partial charge in [-0.15, -0.1) is 0 Å². The molecule has 1 aliphatic rings. The largest absolute Gasteiger partial charge is 0.460 e. The van der Waals surface area contributed by atoms with Crippen LogP contribution in [0.3, 0.4) is 0 Å². The van der Waals surface area contributed by atoms with Gasteiger partial charge < -0.3 is 4.74 Å². The maximum atomic E-state index is 12.3. The zero-order valence-corrected chi connectivity index (χ0v) is 14.6. The number of rotatable bonds is 5. The van der Waals surface area contributed by atoms with Gasteiger partial charge in [-0.25, -0.2) is 0 Å². The molecular weight excluding hydrogens is 300 g/mol. The van der Waals surface area contributed by atoms with Gasteiger partial charge >= 0.3 is 5.97 Å². The van der Waals surface area contributed by atoms with Crippen molar-refractivity contribution < 1.29 is 9.53 Å². The predicted octanol–water partition coefficient (Wildman–Crippen LogP) is 4.16. The zero-order chi connectivity index (χ0) is 16.9. The highest BCUT2D eigenvalue weighted by Crippen LogP contribution is 2.32. The van der Waals surface area contributed by atoms with Gasteiger partial charge in [-0.3, -0.25) is 9.48 Å². The molecule has 1 saturated carbocycles. The summed E-state index contributed by atoms with van der Waals surface area (Å²) in [6.45, 7) is 4.08. The lowest BCUT2D eigenvalue weighted by atomic mass is 9.92. The van der Waals surface area contributed by atoms with Crippen molar-refractivity contribution in [2.24, 2.45) is 0 Å². The third-order valence-corrected chi connectivity index (χ3v) is 4.77. The second-order valence-corrected chi connectivity index (χ2v) is 6.74. The van der Waals surface area contributed by atoms with E-state index >= 15 is 0 Å². The van der Waals surface area contributed by atoms with E-state index in [1.165, 1.54) is 12.0 Å². The number of hydrogen-bond donors (Lipinski definition) is 0. The highest BCUT2D eigenvalue weighted by atomic mass is 16.5. The van der Waals surface area contributed by atoms with Gasteiger partial charge in [0.15, 0.2) is 0 Å². The molecule has 0 unspecified atom stereocenters. The number of carbonyl (C=O) groups excluding carboxylic acids is 1. The Balaban J connectivity index is 1.61. The molecule has 1 aromatic heterocycles. The molecule has 4 heteroatoms. The van der Waals surface area contributed by atoms with E-state index in [9.17, 15) is 4.79 Å². The van der Waals surface area contributed by atoms with Gasteiger partial charge in [0.2, 0.25) is 0 Å². The molecule has 1 aliphatic carbocycles. The summed E-state index contributed by atoms with van der Waals surface area (Å²) in [5.41, 5.74) is 3.34. The molecule has 0 spiro atoms. The topological polar surface area (TPSA) is 44.1 Å². The fourth-order valence-electron chi connectivity index (χ4n) is 3.60. The number of carbonyl (C=O) groups is 1. The predicted molar refractivity (Wildman–Crippen MR) is 93.8 cm³/mol. The Morgan fingerprint density at radius 3 is 2.67 bits per heavy atom. The molecule has 0 amide bonds. The van der Waals surface area contributed by atoms with Crippen molar-refractivity contribution in [2.75, 3.05) is 0 Å². The highest BCUT2D eigenvalue weighted by molar-refractivity contribution is 5.70. The van der Waals surface area contributed by atoms with Crippen LogP contribution in [-0.4, -0.2) is 21.9 Å². The second-order valence-electron chi connectivity index (χ2n) is 6.74. The monoisotopic (exact) mass is 326 g/mol. The van der Waals surface area contributed by atoms with Gasteiger partial charge in [-0.05, 0) is 51.2 Å². The fourth-order valence-corrected chi connectivity index (χ4v) is 3.60. The Kier molecular flexibility index (Phi) is 5.34. The van der Waals surface area contributed by atoms with Crippen LogP contribution in [0, 0.1) is 13.8 Å². The lowest BCUT2D eigenvalue weighted by Crippen LogP contribution is -2.33. The molecule has 1 fully saturated rings. The van der Waals surface area contributed by atoms with Crippen LogP contribution in [0.25, 0.3) is 0 Å². The van der Waals surface area contributed by atoms with Gasteiger partial charge in [-0.2, -0.15) is 5.10 Å². The van der Waals surface area contributed by atoms with Crippen molar-refractivity contribution in [3.8, 4) is 0 Å². The molecule has 0 radical (unpaired) electrons. The Hall–Kier alpha value is -2.10. The lowest BCUT2D eigenvalue weighted by molar-refractivity contribution is -0.153. The molecule has 2 atom stereocenters. The smallest absolute Gasteiger partial charge is 0.306 e. The molecule has 1 heterocycles. The quantitative estimate of drug-likeness (QED) is 0.775. The number of aryl methyl sites for hydroxylation is 3. The molecular formula is C20H26N2O2. The minimum atomic E-state index is -0.0997. The van der Waals surface area contributed by atoms with E-state index in [0.29, 0.717) is 6.42 Å². The average Bonchev–Trinajstić information content (AvgIpc) is 2.93. The Morgan fingerprint density at radius 2 is 1.96 bits per heavy atom. The van der Waals surface area contributed by atoms with Crippen molar-refractivity contribution in [3.63, 3.8) is 0 Å². The number of ether oxygens (including phenoxy) is 1. The molecule has 0 saturated heterocycles. The lowest BCUT2D eigenvalue weighted by Gasteiger charge is -2.32. The maximum absolute atomic E-state index is 12.3. The summed E-state index contributed by atoms with van der Waals surface area (Å²) in [4.78, 5) is 12.3. The minimum absolute atomic E-state index is 0.0555. The van der Waals surface area contributed by atoms with Crippen LogP contribution < -0.4 is 0 Å². The number of nitrogens with zero attached hydrogens (tertiary/aromatic N) is 2.